The molecule has 0 aliphatic carbocycles. The van der Waals surface area contributed by atoms with Gasteiger partial charge < -0.3 is 20.7 Å². The van der Waals surface area contributed by atoms with Crippen LogP contribution < -0.4 is 16.0 Å². The number of amides is 2. The maximum absolute atomic E-state index is 12.9. The molecule has 0 saturated carbocycles. The first kappa shape index (κ1) is 25.1. The molecule has 34 heavy (non-hydrogen) atoms. The van der Waals surface area contributed by atoms with E-state index < -0.39 is 5.97 Å². The molecule has 2 amide bonds. The number of benzene rings is 2. The molecule has 7 nitrogen and oxygen atoms in total. The largest absolute Gasteiger partial charge is 0.462 e. The third-order valence-corrected chi connectivity index (χ3v) is 6.51. The maximum atomic E-state index is 12.9. The van der Waals surface area contributed by atoms with Crippen LogP contribution in [0, 0.1) is 6.92 Å². The van der Waals surface area contributed by atoms with Crippen LogP contribution >= 0.6 is 11.3 Å². The van der Waals surface area contributed by atoms with Gasteiger partial charge in [-0.15, -0.1) is 11.3 Å². The van der Waals surface area contributed by atoms with Crippen LogP contribution in [0.15, 0.2) is 60.7 Å². The van der Waals surface area contributed by atoms with Crippen molar-refractivity contribution in [1.82, 2.24) is 10.6 Å². The highest BCUT2D eigenvalue weighted by Gasteiger charge is 2.26. The van der Waals surface area contributed by atoms with Crippen molar-refractivity contribution in [3.05, 3.63) is 87.8 Å². The standard InChI is InChI=1S/C26H29N3O4S/c1-4-33-26(32)22-17(2)23(24(31)27-3)34-25(22)29-21(30)16-28-20(19-13-9-6-10-14-19)15-18-11-7-5-8-12-18/h5-14,20,28H,4,15-16H2,1-3H3,(H,27,31)(H,29,30)/t20-/m0/s1. The average Bonchev–Trinajstić information content (AvgIpc) is 3.18. The van der Waals surface area contributed by atoms with Crippen molar-refractivity contribution in [3.8, 4) is 0 Å². The molecule has 0 fully saturated rings. The van der Waals surface area contributed by atoms with E-state index in [1.807, 2.05) is 48.5 Å². The summed E-state index contributed by atoms with van der Waals surface area (Å²) in [7, 11) is 1.52. The number of thiophene rings is 1. The molecule has 0 aliphatic heterocycles. The summed E-state index contributed by atoms with van der Waals surface area (Å²) in [5.41, 5.74) is 2.91. The van der Waals surface area contributed by atoms with Crippen molar-refractivity contribution in [2.45, 2.75) is 26.3 Å². The van der Waals surface area contributed by atoms with E-state index in [0.717, 1.165) is 22.5 Å². The molecule has 1 atom stereocenters. The van der Waals surface area contributed by atoms with E-state index in [0.29, 0.717) is 21.9 Å². The summed E-state index contributed by atoms with van der Waals surface area (Å²) in [5, 5.41) is 9.00. The molecule has 3 N–H and O–H groups in total. The van der Waals surface area contributed by atoms with Gasteiger partial charge in [0.1, 0.15) is 5.00 Å². The zero-order chi connectivity index (χ0) is 24.5. The highest BCUT2D eigenvalue weighted by Crippen LogP contribution is 2.33. The second-order valence-corrected chi connectivity index (χ2v) is 8.66. The van der Waals surface area contributed by atoms with Crippen molar-refractivity contribution < 1.29 is 19.1 Å². The van der Waals surface area contributed by atoms with Crippen molar-refractivity contribution in [2.75, 3.05) is 25.5 Å². The molecule has 1 heterocycles. The highest BCUT2D eigenvalue weighted by atomic mass is 32.1. The van der Waals surface area contributed by atoms with Gasteiger partial charge in [-0.1, -0.05) is 60.7 Å². The van der Waals surface area contributed by atoms with E-state index in [4.69, 9.17) is 4.74 Å². The molecular weight excluding hydrogens is 450 g/mol. The summed E-state index contributed by atoms with van der Waals surface area (Å²) >= 11 is 1.06. The number of esters is 1. The number of hydrogen-bond donors (Lipinski definition) is 3. The minimum atomic E-state index is -0.569. The summed E-state index contributed by atoms with van der Waals surface area (Å²) in [6.07, 6.45) is 0.713. The predicted octanol–water partition coefficient (Wildman–Crippen LogP) is 4.10. The van der Waals surface area contributed by atoms with E-state index in [9.17, 15) is 14.4 Å². The molecule has 3 aromatic rings. The summed E-state index contributed by atoms with van der Waals surface area (Å²) in [5.74, 6) is -1.20. The second kappa shape index (κ2) is 12.1. The smallest absolute Gasteiger partial charge is 0.341 e. The molecule has 178 valence electrons. The van der Waals surface area contributed by atoms with Crippen molar-refractivity contribution in [3.63, 3.8) is 0 Å². The number of ether oxygens (including phenoxy) is 1. The summed E-state index contributed by atoms with van der Waals surface area (Å²) in [6, 6.07) is 19.9. The Morgan fingerprint density at radius 2 is 1.65 bits per heavy atom. The fraction of sp³-hybridized carbons (Fsp3) is 0.269. The van der Waals surface area contributed by atoms with Gasteiger partial charge in [-0.25, -0.2) is 4.79 Å². The van der Waals surface area contributed by atoms with E-state index in [1.165, 1.54) is 7.05 Å². The highest BCUT2D eigenvalue weighted by molar-refractivity contribution is 7.18. The molecule has 0 radical (unpaired) electrons. The third kappa shape index (κ3) is 6.30. The van der Waals surface area contributed by atoms with Crippen LogP contribution in [0.3, 0.4) is 0 Å². The van der Waals surface area contributed by atoms with E-state index in [1.54, 1.807) is 13.8 Å². The molecule has 2 aromatic carbocycles. The monoisotopic (exact) mass is 479 g/mol. The fourth-order valence-electron chi connectivity index (χ4n) is 3.61. The Morgan fingerprint density at radius 3 is 2.26 bits per heavy atom. The number of anilines is 1. The van der Waals surface area contributed by atoms with Gasteiger partial charge in [0.05, 0.1) is 23.6 Å². The SMILES string of the molecule is CCOC(=O)c1c(NC(=O)CN[C@@H](Cc2ccccc2)c2ccccc2)sc(C(=O)NC)c1C. The van der Waals surface area contributed by atoms with E-state index >= 15 is 0 Å². The normalized spacial score (nSPS) is 11.5. The zero-order valence-corrected chi connectivity index (χ0v) is 20.3. The topological polar surface area (TPSA) is 96.5 Å². The molecule has 8 heteroatoms. The van der Waals surface area contributed by atoms with Crippen LogP contribution in [0.25, 0.3) is 0 Å². The molecule has 1 aromatic heterocycles. The van der Waals surface area contributed by atoms with Crippen LogP contribution in [0.5, 0.6) is 0 Å². The van der Waals surface area contributed by atoms with E-state index in [-0.39, 0.29) is 36.6 Å². The first-order valence-corrected chi connectivity index (χ1v) is 11.9. The summed E-state index contributed by atoms with van der Waals surface area (Å²) in [6.45, 7) is 3.60. The maximum Gasteiger partial charge on any atom is 0.341 e. The first-order chi connectivity index (χ1) is 16.4. The Bertz CT molecular complexity index is 1130. The van der Waals surface area contributed by atoms with Gasteiger partial charge in [0, 0.05) is 13.1 Å². The molecule has 0 spiro atoms. The van der Waals surface area contributed by atoms with Crippen molar-refractivity contribution in [1.29, 1.82) is 0 Å². The van der Waals surface area contributed by atoms with Gasteiger partial charge in [-0.3, -0.25) is 9.59 Å². The number of nitrogens with one attached hydrogen (secondary N) is 3. The lowest BCUT2D eigenvalue weighted by Crippen LogP contribution is -2.32. The zero-order valence-electron chi connectivity index (χ0n) is 19.5. The van der Waals surface area contributed by atoms with Gasteiger partial charge in [0.25, 0.3) is 5.91 Å². The second-order valence-electron chi connectivity index (χ2n) is 7.64. The Balaban J connectivity index is 1.77. The van der Waals surface area contributed by atoms with Crippen molar-refractivity contribution in [2.24, 2.45) is 0 Å². The first-order valence-electron chi connectivity index (χ1n) is 11.1. The fourth-order valence-corrected chi connectivity index (χ4v) is 4.77. The van der Waals surface area contributed by atoms with Gasteiger partial charge in [-0.05, 0) is 37.0 Å². The van der Waals surface area contributed by atoms with E-state index in [2.05, 4.69) is 28.1 Å². The molecule has 0 unspecified atom stereocenters. The lowest BCUT2D eigenvalue weighted by atomic mass is 9.99. The molecule has 0 bridgehead atoms. The molecule has 0 saturated heterocycles. The minimum absolute atomic E-state index is 0.0287. The quantitative estimate of drug-likeness (QED) is 0.381. The molecular formula is C26H29N3O4S. The Hall–Kier alpha value is -3.49. The Kier molecular flexibility index (Phi) is 8.95. The summed E-state index contributed by atoms with van der Waals surface area (Å²) < 4.78 is 5.15. The number of hydrogen-bond acceptors (Lipinski definition) is 6. The van der Waals surface area contributed by atoms with Crippen LogP contribution in [0.1, 0.15) is 49.7 Å². The average molecular weight is 480 g/mol. The van der Waals surface area contributed by atoms with Crippen LogP contribution in [-0.4, -0.2) is 38.0 Å². The third-order valence-electron chi connectivity index (χ3n) is 5.31. The van der Waals surface area contributed by atoms with Gasteiger partial charge in [0.15, 0.2) is 0 Å². The van der Waals surface area contributed by atoms with Crippen LogP contribution in [0.4, 0.5) is 5.00 Å². The lowest BCUT2D eigenvalue weighted by molar-refractivity contribution is -0.115. The van der Waals surface area contributed by atoms with Crippen LogP contribution in [-0.2, 0) is 16.0 Å². The van der Waals surface area contributed by atoms with Crippen molar-refractivity contribution >= 4 is 34.1 Å². The molecule has 3 rings (SSSR count). The van der Waals surface area contributed by atoms with Gasteiger partial charge >= 0.3 is 5.97 Å². The number of carbonyl (C=O) groups is 3. The Labute approximate surface area is 203 Å². The molecule has 0 aliphatic rings. The lowest BCUT2D eigenvalue weighted by Gasteiger charge is -2.19. The number of rotatable bonds is 10. The minimum Gasteiger partial charge on any atom is -0.462 e. The van der Waals surface area contributed by atoms with Gasteiger partial charge in [-0.2, -0.15) is 0 Å². The Morgan fingerprint density at radius 1 is 1.00 bits per heavy atom. The van der Waals surface area contributed by atoms with Gasteiger partial charge in [0.2, 0.25) is 5.91 Å². The number of carbonyl (C=O) groups excluding carboxylic acids is 3. The van der Waals surface area contributed by atoms with Crippen LogP contribution in [0.2, 0.25) is 0 Å². The summed E-state index contributed by atoms with van der Waals surface area (Å²) in [4.78, 5) is 38.0. The predicted molar refractivity (Wildman–Crippen MR) is 134 cm³/mol.